The van der Waals surface area contributed by atoms with E-state index in [4.69, 9.17) is 0 Å². The number of carbonyl (C=O) groups is 1. The Kier molecular flexibility index (Phi) is 7.48. The summed E-state index contributed by atoms with van der Waals surface area (Å²) in [5.41, 5.74) is 0.382. The summed E-state index contributed by atoms with van der Waals surface area (Å²) in [4.78, 5) is 13.7. The van der Waals surface area contributed by atoms with Crippen molar-refractivity contribution in [3.05, 3.63) is 24.3 Å². The van der Waals surface area contributed by atoms with Gasteiger partial charge in [-0.2, -0.15) is 8.78 Å². The van der Waals surface area contributed by atoms with Gasteiger partial charge in [0.15, 0.2) is 0 Å². The zero-order valence-electron chi connectivity index (χ0n) is 14.7. The lowest BCUT2D eigenvalue weighted by atomic mass is 9.93. The molecule has 1 amide bonds. The molecule has 0 unspecified atom stereocenters. The van der Waals surface area contributed by atoms with Gasteiger partial charge in [-0.3, -0.25) is 9.69 Å². The Bertz CT molecular complexity index is 688. The molecule has 9 heteroatoms. The van der Waals surface area contributed by atoms with E-state index < -0.39 is 20.5 Å². The van der Waals surface area contributed by atoms with Crippen molar-refractivity contribution < 1.29 is 22.0 Å². The molecule has 1 heterocycles. The van der Waals surface area contributed by atoms with Crippen molar-refractivity contribution in [3.63, 3.8) is 0 Å². The molecule has 146 valence electrons. The molecule has 1 aliphatic heterocycles. The number of carbonyl (C=O) groups excluding carboxylic acids is 1. The van der Waals surface area contributed by atoms with Crippen molar-refractivity contribution in [2.75, 3.05) is 38.5 Å². The summed E-state index contributed by atoms with van der Waals surface area (Å²) < 4.78 is 47.7. The number of nitrogens with one attached hydrogen (secondary N) is 2. The van der Waals surface area contributed by atoms with Gasteiger partial charge in [0.05, 0.1) is 11.4 Å². The van der Waals surface area contributed by atoms with Gasteiger partial charge in [-0.05, 0) is 76.1 Å². The van der Waals surface area contributed by atoms with Crippen LogP contribution in [0.1, 0.15) is 19.3 Å². The van der Waals surface area contributed by atoms with Crippen molar-refractivity contribution in [1.29, 1.82) is 0 Å². The Balaban J connectivity index is 1.82. The number of hydrogen-bond acceptors (Lipinski definition) is 5. The average molecular weight is 389 g/mol. The highest BCUT2D eigenvalue weighted by Gasteiger charge is 2.26. The highest BCUT2D eigenvalue weighted by atomic mass is 32.2. The van der Waals surface area contributed by atoms with Crippen LogP contribution >= 0.6 is 0 Å². The molecular weight excluding hydrogens is 364 g/mol. The molecule has 0 radical (unpaired) electrons. The maximum absolute atomic E-state index is 12.5. The molecule has 0 bridgehead atoms. The van der Waals surface area contributed by atoms with Crippen LogP contribution in [0.3, 0.4) is 0 Å². The van der Waals surface area contributed by atoms with Crippen molar-refractivity contribution in [3.8, 4) is 0 Å². The first-order valence-corrected chi connectivity index (χ1v) is 10.2. The van der Waals surface area contributed by atoms with Crippen LogP contribution in [0.25, 0.3) is 0 Å². The van der Waals surface area contributed by atoms with Crippen molar-refractivity contribution in [1.82, 2.24) is 10.2 Å². The first-order valence-electron chi connectivity index (χ1n) is 8.62. The zero-order chi connectivity index (χ0) is 19.2. The molecule has 0 saturated carbocycles. The summed E-state index contributed by atoms with van der Waals surface area (Å²) >= 11 is 0. The second-order valence-electron chi connectivity index (χ2n) is 6.49. The molecule has 1 aliphatic rings. The van der Waals surface area contributed by atoms with Crippen molar-refractivity contribution in [2.24, 2.45) is 5.92 Å². The van der Waals surface area contributed by atoms with Crippen LogP contribution in [0.2, 0.25) is 0 Å². The Morgan fingerprint density at radius 2 is 1.85 bits per heavy atom. The van der Waals surface area contributed by atoms with Crippen LogP contribution in [0, 0.1) is 5.92 Å². The standard InChI is InChI=1S/C17H25F2N3O3S/c1-20-9-6-13-7-10-22(11-8-13)12-16(23)21-14-2-4-15(5-3-14)26(24,25)17(18)19/h2-5,13,17,20H,6-12H2,1H3,(H,21,23). The maximum Gasteiger partial charge on any atom is 0.341 e. The zero-order valence-corrected chi connectivity index (χ0v) is 15.6. The third-order valence-electron chi connectivity index (χ3n) is 4.58. The van der Waals surface area contributed by atoms with E-state index in [1.54, 1.807) is 0 Å². The fourth-order valence-electron chi connectivity index (χ4n) is 3.02. The van der Waals surface area contributed by atoms with Gasteiger partial charge in [-0.25, -0.2) is 8.42 Å². The number of nitrogens with zero attached hydrogens (tertiary/aromatic N) is 1. The second-order valence-corrected chi connectivity index (χ2v) is 8.41. The number of hydrogen-bond donors (Lipinski definition) is 2. The molecule has 1 aromatic carbocycles. The quantitative estimate of drug-likeness (QED) is 0.711. The predicted molar refractivity (Wildman–Crippen MR) is 96.0 cm³/mol. The Labute approximate surface area is 152 Å². The monoisotopic (exact) mass is 389 g/mol. The first-order chi connectivity index (χ1) is 12.3. The molecule has 1 aromatic rings. The molecule has 2 N–H and O–H groups in total. The van der Waals surface area contributed by atoms with Gasteiger partial charge in [-0.15, -0.1) is 0 Å². The molecule has 0 aromatic heterocycles. The van der Waals surface area contributed by atoms with Crippen LogP contribution in [-0.4, -0.2) is 58.2 Å². The third kappa shape index (κ3) is 5.72. The third-order valence-corrected chi connectivity index (χ3v) is 5.98. The number of anilines is 1. The van der Waals surface area contributed by atoms with Gasteiger partial charge in [-0.1, -0.05) is 0 Å². The van der Waals surface area contributed by atoms with Gasteiger partial charge in [0.2, 0.25) is 15.7 Å². The minimum atomic E-state index is -4.62. The molecule has 6 nitrogen and oxygen atoms in total. The predicted octanol–water partition coefficient (Wildman–Crippen LogP) is 1.94. The van der Waals surface area contributed by atoms with Crippen molar-refractivity contribution in [2.45, 2.75) is 29.9 Å². The largest absolute Gasteiger partial charge is 0.341 e. The summed E-state index contributed by atoms with van der Waals surface area (Å²) in [6, 6.07) is 4.78. The summed E-state index contributed by atoms with van der Waals surface area (Å²) in [5.74, 6) is -2.98. The number of likely N-dealkylation sites (tertiary alicyclic amines) is 1. The van der Waals surface area contributed by atoms with Crippen LogP contribution in [0.4, 0.5) is 14.5 Å². The van der Waals surface area contributed by atoms with Gasteiger partial charge >= 0.3 is 5.76 Å². The van der Waals surface area contributed by atoms with Crippen LogP contribution < -0.4 is 10.6 Å². The molecule has 0 spiro atoms. The highest BCUT2D eigenvalue weighted by molar-refractivity contribution is 7.91. The Hall–Kier alpha value is -1.58. The molecule has 0 atom stereocenters. The summed E-state index contributed by atoms with van der Waals surface area (Å²) in [6.45, 7) is 3.00. The summed E-state index contributed by atoms with van der Waals surface area (Å²) in [6.07, 6.45) is 3.27. The van der Waals surface area contributed by atoms with E-state index in [0.29, 0.717) is 11.6 Å². The lowest BCUT2D eigenvalue weighted by Gasteiger charge is -2.31. The van der Waals surface area contributed by atoms with Gasteiger partial charge in [0, 0.05) is 5.69 Å². The number of alkyl halides is 2. The van der Waals surface area contributed by atoms with E-state index in [9.17, 15) is 22.0 Å². The lowest BCUT2D eigenvalue weighted by Crippen LogP contribution is -2.39. The lowest BCUT2D eigenvalue weighted by molar-refractivity contribution is -0.117. The van der Waals surface area contributed by atoms with Crippen molar-refractivity contribution >= 4 is 21.4 Å². The number of rotatable bonds is 8. The molecular formula is C17H25F2N3O3S. The topological polar surface area (TPSA) is 78.5 Å². The normalized spacial score (nSPS) is 16.8. The SMILES string of the molecule is CNCCC1CCN(CC(=O)Nc2ccc(S(=O)(=O)C(F)F)cc2)CC1. The van der Waals surface area contributed by atoms with E-state index in [1.807, 2.05) is 7.05 Å². The number of piperidine rings is 1. The number of sulfone groups is 1. The fraction of sp³-hybridized carbons (Fsp3) is 0.588. The molecule has 1 saturated heterocycles. The minimum absolute atomic E-state index is 0.205. The number of amides is 1. The van der Waals surface area contributed by atoms with Crippen LogP contribution in [0.15, 0.2) is 29.2 Å². The highest BCUT2D eigenvalue weighted by Crippen LogP contribution is 2.21. The Morgan fingerprint density at radius 1 is 1.23 bits per heavy atom. The minimum Gasteiger partial charge on any atom is -0.325 e. The van der Waals surface area contributed by atoms with Gasteiger partial charge in [0.25, 0.3) is 0 Å². The second kappa shape index (κ2) is 9.38. The maximum atomic E-state index is 12.5. The molecule has 26 heavy (non-hydrogen) atoms. The van der Waals surface area contributed by atoms with E-state index >= 15 is 0 Å². The smallest absolute Gasteiger partial charge is 0.325 e. The number of benzene rings is 1. The molecule has 0 aliphatic carbocycles. The van der Waals surface area contributed by atoms with E-state index in [-0.39, 0.29) is 12.5 Å². The van der Waals surface area contributed by atoms with Gasteiger partial charge in [0.1, 0.15) is 0 Å². The van der Waals surface area contributed by atoms with Crippen LogP contribution in [-0.2, 0) is 14.6 Å². The average Bonchev–Trinajstić information content (AvgIpc) is 2.61. The van der Waals surface area contributed by atoms with E-state index in [0.717, 1.165) is 51.0 Å². The summed E-state index contributed by atoms with van der Waals surface area (Å²) in [5, 5.41) is 5.82. The number of halogens is 2. The van der Waals surface area contributed by atoms with E-state index in [1.165, 1.54) is 12.1 Å². The van der Waals surface area contributed by atoms with Crippen LogP contribution in [0.5, 0.6) is 0 Å². The van der Waals surface area contributed by atoms with E-state index in [2.05, 4.69) is 15.5 Å². The molecule has 2 rings (SSSR count). The first kappa shape index (κ1) is 20.7. The summed E-state index contributed by atoms with van der Waals surface area (Å²) in [7, 11) is -2.68. The van der Waals surface area contributed by atoms with Gasteiger partial charge < -0.3 is 10.6 Å². The molecule has 1 fully saturated rings. The fourth-order valence-corrected chi connectivity index (χ4v) is 3.74. The Morgan fingerprint density at radius 3 is 2.38 bits per heavy atom.